The summed E-state index contributed by atoms with van der Waals surface area (Å²) < 4.78 is 0. The van der Waals surface area contributed by atoms with Gasteiger partial charge in [-0.3, -0.25) is 0 Å². The lowest BCUT2D eigenvalue weighted by molar-refractivity contribution is -0.751. The van der Waals surface area contributed by atoms with E-state index in [2.05, 4.69) is 5.18 Å². The Balaban J connectivity index is 2.29. The molecular formula is C13H12N2O2. The molecule has 86 valence electrons. The Hall–Kier alpha value is -2.04. The molecule has 0 aliphatic heterocycles. The second-order valence-corrected chi connectivity index (χ2v) is 3.77. The number of quaternary nitrogens is 1. The fourth-order valence-electron chi connectivity index (χ4n) is 1.61. The fraction of sp³-hybridized carbons (Fsp3) is 0.0769. The van der Waals surface area contributed by atoms with Gasteiger partial charge < -0.3 is 10.3 Å². The van der Waals surface area contributed by atoms with Crippen molar-refractivity contribution in [3.05, 3.63) is 58.6 Å². The van der Waals surface area contributed by atoms with E-state index in [-0.39, 0.29) is 5.06 Å². The monoisotopic (exact) mass is 228 g/mol. The molecule has 2 aromatic carbocycles. The minimum absolute atomic E-state index is 0.0528. The van der Waals surface area contributed by atoms with E-state index in [9.17, 15) is 10.1 Å². The molecule has 0 saturated carbocycles. The molecule has 0 heterocycles. The van der Waals surface area contributed by atoms with Crippen LogP contribution < -0.4 is 5.06 Å². The van der Waals surface area contributed by atoms with E-state index in [4.69, 9.17) is 0 Å². The van der Waals surface area contributed by atoms with Crippen molar-refractivity contribution in [2.75, 3.05) is 7.05 Å². The van der Waals surface area contributed by atoms with Crippen molar-refractivity contribution >= 4 is 11.4 Å². The predicted octanol–water partition coefficient (Wildman–Crippen LogP) is 2.40. The highest BCUT2D eigenvalue weighted by atomic mass is 16.5. The normalized spacial score (nSPS) is 12.1. The molecule has 0 radical (unpaired) electrons. The summed E-state index contributed by atoms with van der Waals surface area (Å²) in [5.41, 5.74) is 3.11. The molecule has 0 aliphatic carbocycles. The molecule has 0 bridgehead atoms. The summed E-state index contributed by atoms with van der Waals surface area (Å²) in [6.45, 7) is 0. The maximum atomic E-state index is 11.1. The number of benzene rings is 2. The second kappa shape index (κ2) is 4.86. The lowest BCUT2D eigenvalue weighted by Gasteiger charge is -2.15. The molecule has 1 unspecified atom stereocenters. The Morgan fingerprint density at radius 1 is 0.941 bits per heavy atom. The first kappa shape index (κ1) is 11.4. The van der Waals surface area contributed by atoms with Crippen LogP contribution in [0.25, 0.3) is 11.1 Å². The molecule has 1 atom stereocenters. The van der Waals surface area contributed by atoms with Crippen LogP contribution in [0.3, 0.4) is 0 Å². The van der Waals surface area contributed by atoms with Crippen molar-refractivity contribution in [1.29, 1.82) is 0 Å². The maximum absolute atomic E-state index is 11.1. The van der Waals surface area contributed by atoms with Crippen LogP contribution in [0, 0.1) is 10.1 Å². The first-order valence-electron chi connectivity index (χ1n) is 5.25. The first-order chi connectivity index (χ1) is 8.20. The molecule has 0 aliphatic rings. The van der Waals surface area contributed by atoms with Gasteiger partial charge >= 0.3 is 0 Å². The van der Waals surface area contributed by atoms with Crippen molar-refractivity contribution in [3.63, 3.8) is 0 Å². The number of nitroso groups, excluding NO2 is 1. The molecule has 0 saturated heterocycles. The van der Waals surface area contributed by atoms with Crippen LogP contribution >= 0.6 is 0 Å². The van der Waals surface area contributed by atoms with Crippen LogP contribution in [0.15, 0.2) is 53.7 Å². The Labute approximate surface area is 99.1 Å². The molecule has 2 rings (SSSR count). The van der Waals surface area contributed by atoms with Crippen molar-refractivity contribution in [1.82, 2.24) is 0 Å². The van der Waals surface area contributed by atoms with Crippen LogP contribution in [0.2, 0.25) is 0 Å². The number of nitrogens with zero attached hydrogens (tertiary/aromatic N) is 1. The van der Waals surface area contributed by atoms with E-state index < -0.39 is 0 Å². The lowest BCUT2D eigenvalue weighted by Crippen LogP contribution is -2.98. The molecule has 4 nitrogen and oxygen atoms in total. The lowest BCUT2D eigenvalue weighted by atomic mass is 10.1. The second-order valence-electron chi connectivity index (χ2n) is 3.77. The summed E-state index contributed by atoms with van der Waals surface area (Å²) in [4.78, 5) is 10.3. The first-order valence-corrected chi connectivity index (χ1v) is 5.25. The zero-order valence-electron chi connectivity index (χ0n) is 9.38. The van der Waals surface area contributed by atoms with Gasteiger partial charge in [-0.2, -0.15) is 0 Å². The third kappa shape index (κ3) is 2.55. The van der Waals surface area contributed by atoms with E-state index in [1.54, 1.807) is 31.3 Å². The summed E-state index contributed by atoms with van der Waals surface area (Å²) in [7, 11) is 1.54. The summed E-state index contributed by atoms with van der Waals surface area (Å²) in [6.07, 6.45) is 0. The summed E-state index contributed by atoms with van der Waals surface area (Å²) in [5, 5.41) is 14.0. The standard InChI is InChI=1S/C13H12N2O2/c1-15(17)13-8-4-11(5-9-13)10-2-6-12(14-16)7-3-10/h2-9,15H,1H3. The van der Waals surface area contributed by atoms with Crippen LogP contribution in [0.4, 0.5) is 11.4 Å². The average Bonchev–Trinajstić information content (AvgIpc) is 2.39. The minimum atomic E-state index is 0.0528. The van der Waals surface area contributed by atoms with Gasteiger partial charge in [0.15, 0.2) is 0 Å². The van der Waals surface area contributed by atoms with Gasteiger partial charge in [0.1, 0.15) is 11.4 Å². The Bertz CT molecular complexity index is 504. The van der Waals surface area contributed by atoms with Gasteiger partial charge in [0, 0.05) is 0 Å². The van der Waals surface area contributed by atoms with Gasteiger partial charge in [-0.15, -0.1) is 4.91 Å². The largest absolute Gasteiger partial charge is 0.629 e. The van der Waals surface area contributed by atoms with Gasteiger partial charge in [0.05, 0.1) is 7.05 Å². The van der Waals surface area contributed by atoms with E-state index in [0.717, 1.165) is 11.1 Å². The number of hydroxylamine groups is 1. The van der Waals surface area contributed by atoms with Gasteiger partial charge in [-0.05, 0) is 52.7 Å². The molecule has 0 amide bonds. The molecule has 0 fully saturated rings. The fourth-order valence-corrected chi connectivity index (χ4v) is 1.61. The molecule has 1 N–H and O–H groups in total. The van der Waals surface area contributed by atoms with Gasteiger partial charge in [0.2, 0.25) is 0 Å². The van der Waals surface area contributed by atoms with Crippen LogP contribution in [0.1, 0.15) is 0 Å². The Morgan fingerprint density at radius 3 is 1.82 bits per heavy atom. The van der Waals surface area contributed by atoms with Gasteiger partial charge in [-0.1, -0.05) is 12.1 Å². The maximum Gasteiger partial charge on any atom is 0.131 e. The summed E-state index contributed by atoms with van der Waals surface area (Å²) >= 11 is 0. The highest BCUT2D eigenvalue weighted by molar-refractivity contribution is 5.66. The number of hydrogen-bond acceptors (Lipinski definition) is 3. The zero-order chi connectivity index (χ0) is 12.3. The van der Waals surface area contributed by atoms with Crippen molar-refractivity contribution in [3.8, 4) is 11.1 Å². The van der Waals surface area contributed by atoms with Crippen molar-refractivity contribution in [2.45, 2.75) is 0 Å². The highest BCUT2D eigenvalue weighted by Gasteiger charge is 2.00. The van der Waals surface area contributed by atoms with Gasteiger partial charge in [-0.25, -0.2) is 0 Å². The van der Waals surface area contributed by atoms with Crippen molar-refractivity contribution < 1.29 is 5.06 Å². The quantitative estimate of drug-likeness (QED) is 0.647. The molecule has 0 aromatic heterocycles. The third-order valence-electron chi connectivity index (χ3n) is 2.60. The van der Waals surface area contributed by atoms with E-state index in [1.165, 1.54) is 0 Å². The number of hydrogen-bond donors (Lipinski definition) is 1. The van der Waals surface area contributed by atoms with Crippen molar-refractivity contribution in [2.24, 2.45) is 5.18 Å². The minimum Gasteiger partial charge on any atom is -0.629 e. The molecule has 0 spiro atoms. The van der Waals surface area contributed by atoms with Crippen LogP contribution in [-0.2, 0) is 0 Å². The molecule has 4 heteroatoms. The van der Waals surface area contributed by atoms with E-state index >= 15 is 0 Å². The highest BCUT2D eigenvalue weighted by Crippen LogP contribution is 2.23. The molecular weight excluding hydrogens is 216 g/mol. The Kier molecular flexibility index (Phi) is 3.27. The van der Waals surface area contributed by atoms with Crippen LogP contribution in [0.5, 0.6) is 0 Å². The van der Waals surface area contributed by atoms with Gasteiger partial charge in [0.25, 0.3) is 0 Å². The third-order valence-corrected chi connectivity index (χ3v) is 2.60. The Morgan fingerprint density at radius 2 is 1.41 bits per heavy atom. The topological polar surface area (TPSA) is 56.9 Å². The average molecular weight is 228 g/mol. The zero-order valence-corrected chi connectivity index (χ0v) is 9.38. The number of nitrogens with one attached hydrogen (secondary N) is 1. The predicted molar refractivity (Wildman–Crippen MR) is 67.2 cm³/mol. The molecule has 2 aromatic rings. The molecule has 17 heavy (non-hydrogen) atoms. The summed E-state index contributed by atoms with van der Waals surface area (Å²) in [5.74, 6) is 0. The van der Waals surface area contributed by atoms with Crippen LogP contribution in [-0.4, -0.2) is 7.05 Å². The van der Waals surface area contributed by atoms with E-state index in [1.807, 2.05) is 24.3 Å². The smallest absolute Gasteiger partial charge is 0.131 e. The van der Waals surface area contributed by atoms with E-state index in [0.29, 0.717) is 11.4 Å². The SMILES string of the molecule is C[NH+]([O-])c1ccc(-c2ccc(N=O)cc2)cc1. The number of rotatable bonds is 3. The summed E-state index contributed by atoms with van der Waals surface area (Å²) in [6, 6.07) is 14.4.